The highest BCUT2D eigenvalue weighted by Crippen LogP contribution is 2.26. The molecule has 0 bridgehead atoms. The molecule has 1 amide bonds. The summed E-state index contributed by atoms with van der Waals surface area (Å²) in [6.45, 7) is 7.93. The molecule has 2 aromatic carbocycles. The fourth-order valence-electron chi connectivity index (χ4n) is 2.88. The van der Waals surface area contributed by atoms with Crippen molar-refractivity contribution in [1.82, 2.24) is 0 Å². The molecule has 0 atom stereocenters. The van der Waals surface area contributed by atoms with E-state index in [0.717, 1.165) is 30.6 Å². The second-order valence-corrected chi connectivity index (χ2v) is 8.25. The maximum atomic E-state index is 12.6. The molecule has 0 spiro atoms. The number of anilines is 2. The molecule has 0 saturated carbocycles. The molecule has 6 nitrogen and oxygen atoms in total. The number of hydrogen-bond acceptors (Lipinski definition) is 5. The van der Waals surface area contributed by atoms with Crippen molar-refractivity contribution in [2.45, 2.75) is 25.7 Å². The Morgan fingerprint density at radius 2 is 1.78 bits per heavy atom. The summed E-state index contributed by atoms with van der Waals surface area (Å²) in [6.07, 6.45) is 1.09. The molecule has 0 fully saturated rings. The van der Waals surface area contributed by atoms with Crippen molar-refractivity contribution in [3.8, 4) is 5.75 Å². The Morgan fingerprint density at radius 1 is 1.11 bits per heavy atom. The average molecular weight is 391 g/mol. The Labute approximate surface area is 161 Å². The number of amides is 1. The third-order valence-corrected chi connectivity index (χ3v) is 5.53. The zero-order valence-electron chi connectivity index (χ0n) is 16.4. The highest BCUT2D eigenvalue weighted by molar-refractivity contribution is 7.90. The van der Waals surface area contributed by atoms with Gasteiger partial charge in [0.2, 0.25) is 0 Å². The van der Waals surface area contributed by atoms with Crippen LogP contribution in [0.2, 0.25) is 0 Å². The standard InChI is InChI=1S/C20H26N2O4S/c1-6-22(7-2)16-9-10-17(14(3)12-16)21-20(23)15-8-11-18(26-4)19(13-15)27(5,24)25/h8-13H,6-7H2,1-5H3,(H,21,23). The first-order valence-corrected chi connectivity index (χ1v) is 10.6. The van der Waals surface area contributed by atoms with Gasteiger partial charge in [0.25, 0.3) is 5.91 Å². The van der Waals surface area contributed by atoms with E-state index in [0.29, 0.717) is 5.69 Å². The Bertz CT molecular complexity index is 935. The molecule has 0 radical (unpaired) electrons. The molecule has 0 aromatic heterocycles. The number of rotatable bonds is 7. The van der Waals surface area contributed by atoms with Crippen molar-refractivity contribution in [3.05, 3.63) is 47.5 Å². The molecule has 0 unspecified atom stereocenters. The number of benzene rings is 2. The number of sulfone groups is 1. The van der Waals surface area contributed by atoms with Gasteiger partial charge >= 0.3 is 0 Å². The second-order valence-electron chi connectivity index (χ2n) is 6.26. The topological polar surface area (TPSA) is 75.7 Å². The van der Waals surface area contributed by atoms with Crippen LogP contribution in [-0.4, -0.2) is 40.8 Å². The van der Waals surface area contributed by atoms with Crippen LogP contribution in [0, 0.1) is 6.92 Å². The van der Waals surface area contributed by atoms with Gasteiger partial charge in [-0.3, -0.25) is 4.79 Å². The lowest BCUT2D eigenvalue weighted by Gasteiger charge is -2.22. The molecule has 146 valence electrons. The number of nitrogens with one attached hydrogen (secondary N) is 1. The molecule has 1 N–H and O–H groups in total. The second kappa shape index (κ2) is 8.43. The zero-order chi connectivity index (χ0) is 20.2. The highest BCUT2D eigenvalue weighted by Gasteiger charge is 2.18. The van der Waals surface area contributed by atoms with Crippen LogP contribution in [0.3, 0.4) is 0 Å². The van der Waals surface area contributed by atoms with Crippen molar-refractivity contribution in [1.29, 1.82) is 0 Å². The number of hydrogen-bond donors (Lipinski definition) is 1. The fourth-order valence-corrected chi connectivity index (χ4v) is 3.73. The van der Waals surface area contributed by atoms with Gasteiger partial charge in [-0.25, -0.2) is 8.42 Å². The normalized spacial score (nSPS) is 11.1. The summed E-state index contributed by atoms with van der Waals surface area (Å²) >= 11 is 0. The van der Waals surface area contributed by atoms with Gasteiger partial charge in [0.05, 0.1) is 7.11 Å². The molecule has 0 heterocycles. The maximum Gasteiger partial charge on any atom is 0.255 e. The summed E-state index contributed by atoms with van der Waals surface area (Å²) in [5.74, 6) is -0.157. The van der Waals surface area contributed by atoms with E-state index in [9.17, 15) is 13.2 Å². The van der Waals surface area contributed by atoms with Gasteiger partial charge in [-0.1, -0.05) is 0 Å². The van der Waals surface area contributed by atoms with Crippen LogP contribution >= 0.6 is 0 Å². The minimum absolute atomic E-state index is 0.00810. The molecule has 0 aliphatic heterocycles. The van der Waals surface area contributed by atoms with Crippen LogP contribution < -0.4 is 15.0 Å². The number of methoxy groups -OCH3 is 1. The van der Waals surface area contributed by atoms with E-state index in [1.165, 1.54) is 19.2 Å². The van der Waals surface area contributed by atoms with Crippen LogP contribution in [0.1, 0.15) is 29.8 Å². The van der Waals surface area contributed by atoms with Crippen molar-refractivity contribution in [2.75, 3.05) is 36.7 Å². The van der Waals surface area contributed by atoms with Crippen molar-refractivity contribution >= 4 is 27.1 Å². The van der Waals surface area contributed by atoms with Crippen molar-refractivity contribution in [3.63, 3.8) is 0 Å². The molecule has 27 heavy (non-hydrogen) atoms. The Balaban J connectivity index is 2.30. The molecule has 0 aliphatic rings. The summed E-state index contributed by atoms with van der Waals surface area (Å²) in [4.78, 5) is 14.8. The van der Waals surface area contributed by atoms with Crippen LogP contribution in [0.5, 0.6) is 5.75 Å². The fraction of sp³-hybridized carbons (Fsp3) is 0.350. The Kier molecular flexibility index (Phi) is 6.49. The number of aryl methyl sites for hydroxylation is 1. The lowest BCUT2D eigenvalue weighted by Crippen LogP contribution is -2.22. The average Bonchev–Trinajstić information content (AvgIpc) is 2.63. The van der Waals surface area contributed by atoms with Gasteiger partial charge in [0.1, 0.15) is 10.6 Å². The highest BCUT2D eigenvalue weighted by atomic mass is 32.2. The predicted octanol–water partition coefficient (Wildman–Crippen LogP) is 3.51. The van der Waals surface area contributed by atoms with E-state index in [2.05, 4.69) is 24.1 Å². The first-order chi connectivity index (χ1) is 12.7. The van der Waals surface area contributed by atoms with E-state index >= 15 is 0 Å². The lowest BCUT2D eigenvalue weighted by molar-refractivity contribution is 0.102. The number of nitrogens with zero attached hydrogens (tertiary/aromatic N) is 1. The number of carbonyl (C=O) groups is 1. The molecule has 0 aliphatic carbocycles. The quantitative estimate of drug-likeness (QED) is 0.783. The Hall–Kier alpha value is -2.54. The van der Waals surface area contributed by atoms with Crippen LogP contribution in [0.4, 0.5) is 11.4 Å². The largest absolute Gasteiger partial charge is 0.495 e. The summed E-state index contributed by atoms with van der Waals surface area (Å²) in [5, 5.41) is 2.85. The van der Waals surface area contributed by atoms with Crippen LogP contribution in [0.15, 0.2) is 41.3 Å². The maximum absolute atomic E-state index is 12.6. The minimum atomic E-state index is -3.51. The van der Waals surface area contributed by atoms with Gasteiger partial charge in [-0.05, 0) is 62.7 Å². The monoisotopic (exact) mass is 390 g/mol. The Morgan fingerprint density at radius 3 is 2.30 bits per heavy atom. The summed E-state index contributed by atoms with van der Waals surface area (Å²) in [5.41, 5.74) is 2.97. The number of ether oxygens (including phenoxy) is 1. The minimum Gasteiger partial charge on any atom is -0.495 e. The van der Waals surface area contributed by atoms with Gasteiger partial charge < -0.3 is 15.0 Å². The van der Waals surface area contributed by atoms with Crippen LogP contribution in [0.25, 0.3) is 0 Å². The molecule has 2 aromatic rings. The third kappa shape index (κ3) is 4.80. The first-order valence-electron chi connectivity index (χ1n) is 8.76. The van der Waals surface area contributed by atoms with Gasteiger partial charge in [0, 0.05) is 36.3 Å². The number of carbonyl (C=O) groups excluding carboxylic acids is 1. The summed E-state index contributed by atoms with van der Waals surface area (Å²) in [6, 6.07) is 10.2. The first kappa shape index (κ1) is 20.8. The van der Waals surface area contributed by atoms with Gasteiger partial charge in [-0.15, -0.1) is 0 Å². The molecule has 0 saturated heterocycles. The SMILES string of the molecule is CCN(CC)c1ccc(NC(=O)c2ccc(OC)c(S(C)(=O)=O)c2)c(C)c1. The molecule has 2 rings (SSSR count). The molecular weight excluding hydrogens is 364 g/mol. The smallest absolute Gasteiger partial charge is 0.255 e. The van der Waals surface area contributed by atoms with E-state index < -0.39 is 9.84 Å². The van der Waals surface area contributed by atoms with E-state index in [1.54, 1.807) is 6.07 Å². The predicted molar refractivity (Wildman–Crippen MR) is 109 cm³/mol. The molecular formula is C20H26N2O4S. The third-order valence-electron chi connectivity index (χ3n) is 4.41. The summed E-state index contributed by atoms with van der Waals surface area (Å²) in [7, 11) is -2.12. The molecule has 7 heteroatoms. The van der Waals surface area contributed by atoms with E-state index in [4.69, 9.17) is 4.74 Å². The van der Waals surface area contributed by atoms with Crippen molar-refractivity contribution < 1.29 is 17.9 Å². The zero-order valence-corrected chi connectivity index (χ0v) is 17.2. The van der Waals surface area contributed by atoms with Crippen molar-refractivity contribution in [2.24, 2.45) is 0 Å². The van der Waals surface area contributed by atoms with E-state index in [-0.39, 0.29) is 22.1 Å². The van der Waals surface area contributed by atoms with E-state index in [1.807, 2.05) is 25.1 Å². The van der Waals surface area contributed by atoms with Gasteiger partial charge in [0.15, 0.2) is 9.84 Å². The summed E-state index contributed by atoms with van der Waals surface area (Å²) < 4.78 is 29.0. The lowest BCUT2D eigenvalue weighted by atomic mass is 10.1. The van der Waals surface area contributed by atoms with Crippen LogP contribution in [-0.2, 0) is 9.84 Å². The van der Waals surface area contributed by atoms with Gasteiger partial charge in [-0.2, -0.15) is 0 Å².